The minimum atomic E-state index is -3.68. The van der Waals surface area contributed by atoms with Gasteiger partial charge in [-0.25, -0.2) is 12.8 Å². The van der Waals surface area contributed by atoms with Gasteiger partial charge in [0.2, 0.25) is 10.0 Å². The average molecular weight is 534 g/mol. The number of amides is 1. The smallest absolute Gasteiger partial charge is 0.326 e. The quantitative estimate of drug-likeness (QED) is 0.449. The predicted octanol–water partition coefficient (Wildman–Crippen LogP) is 3.81. The summed E-state index contributed by atoms with van der Waals surface area (Å²) in [6.07, 6.45) is 0.985. The number of carbonyl (C=O) groups excluding carboxylic acids is 2. The highest BCUT2D eigenvalue weighted by atomic mass is 32.2. The molecule has 0 saturated carbocycles. The Labute approximate surface area is 213 Å². The van der Waals surface area contributed by atoms with Crippen molar-refractivity contribution in [3.05, 3.63) is 58.6 Å². The third kappa shape index (κ3) is 5.42. The Balaban J connectivity index is 1.65. The summed E-state index contributed by atoms with van der Waals surface area (Å²) in [4.78, 5) is 29.5. The standard InChI is InChI=1S/C25H28FN3O5S2/c1-4-34-22(30)15-29-23-20(26)6-5-7-21(23)35-25(29)27-24(31)18-8-10-19(11-9-18)36(32,33)28-13-16(2)12-17(3)14-28/h5-11,16-17H,4,12-15H2,1-3H3. The molecule has 2 atom stereocenters. The van der Waals surface area contributed by atoms with Crippen LogP contribution in [-0.2, 0) is 26.1 Å². The molecule has 1 aromatic heterocycles. The van der Waals surface area contributed by atoms with Gasteiger partial charge in [-0.15, -0.1) is 0 Å². The third-order valence-electron chi connectivity index (χ3n) is 6.02. The number of nitrogens with zero attached hydrogens (tertiary/aromatic N) is 3. The third-order valence-corrected chi connectivity index (χ3v) is 8.91. The number of hydrogen-bond donors (Lipinski definition) is 0. The summed E-state index contributed by atoms with van der Waals surface area (Å²) < 4.78 is 49.1. The van der Waals surface area contributed by atoms with Crippen LogP contribution in [0, 0.1) is 17.7 Å². The van der Waals surface area contributed by atoms with E-state index in [1.54, 1.807) is 13.0 Å². The molecule has 36 heavy (non-hydrogen) atoms. The van der Waals surface area contributed by atoms with Crippen molar-refractivity contribution < 1.29 is 27.1 Å². The molecule has 2 unspecified atom stereocenters. The Morgan fingerprint density at radius 1 is 1.11 bits per heavy atom. The van der Waals surface area contributed by atoms with Crippen LogP contribution in [0.1, 0.15) is 37.6 Å². The van der Waals surface area contributed by atoms with Crippen molar-refractivity contribution in [2.45, 2.75) is 38.6 Å². The molecule has 3 aromatic rings. The van der Waals surface area contributed by atoms with Gasteiger partial charge in [0.25, 0.3) is 5.91 Å². The van der Waals surface area contributed by atoms with E-state index in [2.05, 4.69) is 4.99 Å². The van der Waals surface area contributed by atoms with E-state index in [1.165, 1.54) is 45.3 Å². The predicted molar refractivity (Wildman–Crippen MR) is 134 cm³/mol. The minimum Gasteiger partial charge on any atom is -0.465 e. The number of carbonyl (C=O) groups is 2. The first-order valence-electron chi connectivity index (χ1n) is 11.7. The molecular weight excluding hydrogens is 505 g/mol. The molecule has 0 radical (unpaired) electrons. The second-order valence-corrected chi connectivity index (χ2v) is 12.0. The summed E-state index contributed by atoms with van der Waals surface area (Å²) in [5.41, 5.74) is 0.337. The molecule has 0 bridgehead atoms. The Bertz CT molecular complexity index is 1450. The number of hydrogen-bond acceptors (Lipinski definition) is 6. The molecule has 0 aliphatic carbocycles. The molecule has 1 saturated heterocycles. The van der Waals surface area contributed by atoms with Crippen LogP contribution >= 0.6 is 11.3 Å². The second kappa shape index (κ2) is 10.6. The number of rotatable bonds is 6. The Kier molecular flexibility index (Phi) is 7.72. The first kappa shape index (κ1) is 26.2. The lowest BCUT2D eigenvalue weighted by Crippen LogP contribution is -2.42. The molecule has 1 amide bonds. The number of piperidine rings is 1. The molecule has 0 spiro atoms. The molecule has 1 aliphatic rings. The van der Waals surface area contributed by atoms with E-state index in [-0.39, 0.29) is 45.8 Å². The van der Waals surface area contributed by atoms with Crippen LogP contribution < -0.4 is 4.80 Å². The molecule has 1 fully saturated rings. The zero-order valence-electron chi connectivity index (χ0n) is 20.3. The first-order valence-corrected chi connectivity index (χ1v) is 14.0. The van der Waals surface area contributed by atoms with E-state index < -0.39 is 27.7 Å². The molecule has 2 heterocycles. The van der Waals surface area contributed by atoms with E-state index in [9.17, 15) is 22.4 Å². The van der Waals surface area contributed by atoms with Crippen molar-refractivity contribution in [3.8, 4) is 0 Å². The Morgan fingerprint density at radius 2 is 1.78 bits per heavy atom. The summed E-state index contributed by atoms with van der Waals surface area (Å²) in [6, 6.07) is 10.1. The molecular formula is C25H28FN3O5S2. The summed E-state index contributed by atoms with van der Waals surface area (Å²) in [5, 5.41) is 0. The van der Waals surface area contributed by atoms with E-state index in [1.807, 2.05) is 13.8 Å². The second-order valence-electron chi connectivity index (χ2n) is 9.07. The normalized spacial score (nSPS) is 19.5. The van der Waals surface area contributed by atoms with Gasteiger partial charge in [0.05, 0.1) is 21.7 Å². The van der Waals surface area contributed by atoms with Gasteiger partial charge < -0.3 is 9.30 Å². The van der Waals surface area contributed by atoms with Crippen LogP contribution in [0.25, 0.3) is 10.2 Å². The molecule has 0 N–H and O–H groups in total. The molecule has 11 heteroatoms. The van der Waals surface area contributed by atoms with E-state index >= 15 is 0 Å². The highest BCUT2D eigenvalue weighted by molar-refractivity contribution is 7.89. The van der Waals surface area contributed by atoms with E-state index in [0.29, 0.717) is 17.8 Å². The minimum absolute atomic E-state index is 0.113. The number of fused-ring (bicyclic) bond motifs is 1. The fraction of sp³-hybridized carbons (Fsp3) is 0.400. The number of benzene rings is 2. The van der Waals surface area contributed by atoms with Gasteiger partial charge >= 0.3 is 5.97 Å². The summed E-state index contributed by atoms with van der Waals surface area (Å²) in [7, 11) is -3.68. The number of para-hydroxylation sites is 1. The molecule has 2 aromatic carbocycles. The maximum absolute atomic E-state index is 14.6. The topological polar surface area (TPSA) is 98.0 Å². The molecule has 1 aliphatic heterocycles. The first-order chi connectivity index (χ1) is 17.1. The maximum atomic E-state index is 14.6. The number of ether oxygens (including phenoxy) is 1. The summed E-state index contributed by atoms with van der Waals surface area (Å²) in [6.45, 7) is 6.53. The van der Waals surface area contributed by atoms with E-state index in [0.717, 1.165) is 17.8 Å². The van der Waals surface area contributed by atoms with Gasteiger partial charge in [-0.2, -0.15) is 9.30 Å². The largest absolute Gasteiger partial charge is 0.465 e. The lowest BCUT2D eigenvalue weighted by molar-refractivity contribution is -0.143. The number of sulfonamides is 1. The van der Waals surface area contributed by atoms with Crippen LogP contribution in [0.3, 0.4) is 0 Å². The van der Waals surface area contributed by atoms with Crippen molar-refractivity contribution in [2.75, 3.05) is 19.7 Å². The number of thiazole rings is 1. The summed E-state index contributed by atoms with van der Waals surface area (Å²) >= 11 is 1.07. The Hall–Kier alpha value is -2.89. The zero-order valence-corrected chi connectivity index (χ0v) is 21.9. The number of esters is 1. The van der Waals surface area contributed by atoms with Gasteiger partial charge in [0, 0.05) is 18.7 Å². The lowest BCUT2D eigenvalue weighted by Gasteiger charge is -2.34. The van der Waals surface area contributed by atoms with Crippen LogP contribution in [-0.4, -0.2) is 48.9 Å². The van der Waals surface area contributed by atoms with Crippen molar-refractivity contribution >= 4 is 43.5 Å². The monoisotopic (exact) mass is 533 g/mol. The van der Waals surface area contributed by atoms with E-state index in [4.69, 9.17) is 4.74 Å². The SMILES string of the molecule is CCOC(=O)Cn1c(=NC(=O)c2ccc(S(=O)(=O)N3CC(C)CC(C)C3)cc2)sc2cccc(F)c21. The molecule has 192 valence electrons. The average Bonchev–Trinajstić information content (AvgIpc) is 3.16. The van der Waals surface area contributed by atoms with Gasteiger partial charge in [-0.3, -0.25) is 9.59 Å². The number of aromatic nitrogens is 1. The van der Waals surface area contributed by atoms with Gasteiger partial charge in [-0.05, 0) is 61.6 Å². The fourth-order valence-electron chi connectivity index (χ4n) is 4.53. The zero-order chi connectivity index (χ0) is 26.0. The summed E-state index contributed by atoms with van der Waals surface area (Å²) in [5.74, 6) is -1.21. The van der Waals surface area contributed by atoms with Crippen LogP contribution in [0.2, 0.25) is 0 Å². The van der Waals surface area contributed by atoms with Gasteiger partial charge in [0.1, 0.15) is 12.4 Å². The lowest BCUT2D eigenvalue weighted by atomic mass is 9.94. The van der Waals surface area contributed by atoms with Crippen molar-refractivity contribution in [2.24, 2.45) is 16.8 Å². The van der Waals surface area contributed by atoms with Crippen LogP contribution in [0.15, 0.2) is 52.4 Å². The highest BCUT2D eigenvalue weighted by Crippen LogP contribution is 2.27. The molecule has 4 rings (SSSR count). The van der Waals surface area contributed by atoms with Gasteiger partial charge in [0.15, 0.2) is 4.80 Å². The van der Waals surface area contributed by atoms with Crippen LogP contribution in [0.5, 0.6) is 0 Å². The van der Waals surface area contributed by atoms with Crippen molar-refractivity contribution in [1.82, 2.24) is 8.87 Å². The van der Waals surface area contributed by atoms with Gasteiger partial charge in [-0.1, -0.05) is 31.3 Å². The Morgan fingerprint density at radius 3 is 2.42 bits per heavy atom. The van der Waals surface area contributed by atoms with Crippen molar-refractivity contribution in [3.63, 3.8) is 0 Å². The van der Waals surface area contributed by atoms with Crippen LogP contribution in [0.4, 0.5) is 4.39 Å². The fourth-order valence-corrected chi connectivity index (χ4v) is 7.25. The maximum Gasteiger partial charge on any atom is 0.326 e. The molecule has 8 nitrogen and oxygen atoms in total. The van der Waals surface area contributed by atoms with Crippen molar-refractivity contribution in [1.29, 1.82) is 0 Å². The number of halogens is 1. The highest BCUT2D eigenvalue weighted by Gasteiger charge is 2.31.